The van der Waals surface area contributed by atoms with Gasteiger partial charge in [-0.2, -0.15) is 5.10 Å². The molecule has 0 amide bonds. The van der Waals surface area contributed by atoms with E-state index in [-0.39, 0.29) is 6.10 Å². The molecule has 1 aliphatic carbocycles. The maximum Gasteiger partial charge on any atom is 0.133 e. The summed E-state index contributed by atoms with van der Waals surface area (Å²) in [6.45, 7) is 0.528. The van der Waals surface area contributed by atoms with E-state index in [1.165, 1.54) is 0 Å². The fourth-order valence-corrected chi connectivity index (χ4v) is 2.67. The van der Waals surface area contributed by atoms with Gasteiger partial charge < -0.3 is 4.74 Å². The van der Waals surface area contributed by atoms with Crippen molar-refractivity contribution in [2.24, 2.45) is 7.05 Å². The lowest BCUT2D eigenvalue weighted by atomic mass is 9.96. The summed E-state index contributed by atoms with van der Waals surface area (Å²) < 4.78 is 7.80. The molecule has 0 atom stereocenters. The van der Waals surface area contributed by atoms with Crippen LogP contribution in [-0.2, 0) is 23.2 Å². The van der Waals surface area contributed by atoms with E-state index in [1.54, 1.807) is 0 Å². The minimum Gasteiger partial charge on any atom is -0.372 e. The highest BCUT2D eigenvalue weighted by molar-refractivity contribution is 5.81. The van der Waals surface area contributed by atoms with Gasteiger partial charge in [0.25, 0.3) is 0 Å². The van der Waals surface area contributed by atoms with Gasteiger partial charge in [-0.1, -0.05) is 18.2 Å². The van der Waals surface area contributed by atoms with Crippen LogP contribution in [0.25, 0.3) is 10.9 Å². The van der Waals surface area contributed by atoms with Gasteiger partial charge in [0.05, 0.1) is 23.9 Å². The molecular weight excluding hydrogens is 240 g/mol. The largest absolute Gasteiger partial charge is 0.372 e. The molecule has 4 nitrogen and oxygen atoms in total. The summed E-state index contributed by atoms with van der Waals surface area (Å²) in [6, 6.07) is 8.17. The van der Waals surface area contributed by atoms with Crippen molar-refractivity contribution in [3.63, 3.8) is 0 Å². The van der Waals surface area contributed by atoms with Crippen molar-refractivity contribution in [2.75, 3.05) is 0 Å². The SMILES string of the molecule is Cn1nc(COC2CCC(=O)CC2)c2ccccc21. The van der Waals surface area contributed by atoms with Crippen LogP contribution in [-0.4, -0.2) is 21.7 Å². The van der Waals surface area contributed by atoms with Crippen LogP contribution in [0.2, 0.25) is 0 Å². The molecule has 0 saturated heterocycles. The molecule has 1 heterocycles. The lowest BCUT2D eigenvalue weighted by molar-refractivity contribution is -0.123. The lowest BCUT2D eigenvalue weighted by Crippen LogP contribution is -2.21. The number of para-hydroxylation sites is 1. The highest BCUT2D eigenvalue weighted by atomic mass is 16.5. The quantitative estimate of drug-likeness (QED) is 0.850. The van der Waals surface area contributed by atoms with Gasteiger partial charge in [-0.05, 0) is 18.9 Å². The Balaban J connectivity index is 1.70. The van der Waals surface area contributed by atoms with Crippen LogP contribution in [0.3, 0.4) is 0 Å². The molecule has 2 aromatic rings. The zero-order chi connectivity index (χ0) is 13.2. The minimum atomic E-state index is 0.207. The molecule has 0 aliphatic heterocycles. The number of hydrogen-bond acceptors (Lipinski definition) is 3. The van der Waals surface area contributed by atoms with Crippen LogP contribution < -0.4 is 0 Å². The number of ketones is 1. The molecule has 19 heavy (non-hydrogen) atoms. The molecule has 1 aromatic carbocycles. The number of benzene rings is 1. The van der Waals surface area contributed by atoms with Gasteiger partial charge in [-0.25, -0.2) is 0 Å². The molecule has 0 spiro atoms. The van der Waals surface area contributed by atoms with E-state index in [1.807, 2.05) is 23.9 Å². The second-order valence-electron chi connectivity index (χ2n) is 5.14. The highest BCUT2D eigenvalue weighted by Gasteiger charge is 2.19. The Bertz CT molecular complexity index is 593. The van der Waals surface area contributed by atoms with Crippen molar-refractivity contribution in [1.82, 2.24) is 9.78 Å². The first-order valence-corrected chi connectivity index (χ1v) is 6.78. The first kappa shape index (κ1) is 12.4. The molecule has 1 saturated carbocycles. The standard InChI is InChI=1S/C15H18N2O2/c1-17-15-5-3-2-4-13(15)14(16-17)10-19-12-8-6-11(18)7-9-12/h2-5,12H,6-10H2,1H3. The van der Waals surface area contributed by atoms with Crippen molar-refractivity contribution < 1.29 is 9.53 Å². The number of rotatable bonds is 3. The Morgan fingerprint density at radius 3 is 2.84 bits per heavy atom. The molecule has 0 N–H and O–H groups in total. The third kappa shape index (κ3) is 2.54. The summed E-state index contributed by atoms with van der Waals surface area (Å²) in [4.78, 5) is 11.2. The summed E-state index contributed by atoms with van der Waals surface area (Å²) in [7, 11) is 1.95. The number of hydrogen-bond donors (Lipinski definition) is 0. The number of aryl methyl sites for hydroxylation is 1. The van der Waals surface area contributed by atoms with Gasteiger partial charge in [0.2, 0.25) is 0 Å². The third-order valence-corrected chi connectivity index (χ3v) is 3.78. The zero-order valence-corrected chi connectivity index (χ0v) is 11.1. The van der Waals surface area contributed by atoms with Crippen molar-refractivity contribution in [3.8, 4) is 0 Å². The monoisotopic (exact) mass is 258 g/mol. The first-order valence-electron chi connectivity index (χ1n) is 6.78. The van der Waals surface area contributed by atoms with E-state index in [0.717, 1.165) is 29.4 Å². The minimum absolute atomic E-state index is 0.207. The van der Waals surface area contributed by atoms with E-state index in [9.17, 15) is 4.79 Å². The summed E-state index contributed by atoms with van der Waals surface area (Å²) in [5.41, 5.74) is 2.11. The van der Waals surface area contributed by atoms with E-state index >= 15 is 0 Å². The van der Waals surface area contributed by atoms with Crippen molar-refractivity contribution >= 4 is 16.7 Å². The van der Waals surface area contributed by atoms with Crippen molar-refractivity contribution in [1.29, 1.82) is 0 Å². The van der Waals surface area contributed by atoms with E-state index < -0.39 is 0 Å². The van der Waals surface area contributed by atoms with E-state index in [4.69, 9.17) is 4.74 Å². The molecule has 0 unspecified atom stereocenters. The Labute approximate surface area is 112 Å². The molecular formula is C15H18N2O2. The molecule has 100 valence electrons. The predicted octanol–water partition coefficient (Wildman–Crippen LogP) is 2.60. The molecule has 1 aromatic heterocycles. The number of aromatic nitrogens is 2. The van der Waals surface area contributed by atoms with Crippen LogP contribution in [0, 0.1) is 0 Å². The van der Waals surface area contributed by atoms with Crippen molar-refractivity contribution in [3.05, 3.63) is 30.0 Å². The second-order valence-corrected chi connectivity index (χ2v) is 5.14. The topological polar surface area (TPSA) is 44.1 Å². The molecule has 1 aliphatic rings. The Kier molecular flexibility index (Phi) is 3.34. The van der Waals surface area contributed by atoms with Crippen LogP contribution in [0.1, 0.15) is 31.4 Å². The normalized spacial score (nSPS) is 17.2. The van der Waals surface area contributed by atoms with Crippen LogP contribution in [0.15, 0.2) is 24.3 Å². The van der Waals surface area contributed by atoms with Gasteiger partial charge in [0, 0.05) is 25.3 Å². The van der Waals surface area contributed by atoms with Crippen molar-refractivity contribution in [2.45, 2.75) is 38.4 Å². The fraction of sp³-hybridized carbons (Fsp3) is 0.467. The number of Topliss-reactive ketones (excluding diaryl/α,β-unsaturated/α-hetero) is 1. The Morgan fingerprint density at radius 1 is 1.32 bits per heavy atom. The number of nitrogens with zero attached hydrogens (tertiary/aromatic N) is 2. The maximum atomic E-state index is 11.2. The summed E-state index contributed by atoms with van der Waals surface area (Å²) in [5.74, 6) is 0.364. The van der Waals surface area contributed by atoms with Gasteiger partial charge in [-0.15, -0.1) is 0 Å². The Hall–Kier alpha value is -1.68. The smallest absolute Gasteiger partial charge is 0.133 e. The number of carbonyl (C=O) groups is 1. The first-order chi connectivity index (χ1) is 9.24. The molecule has 4 heteroatoms. The molecule has 1 fully saturated rings. The summed E-state index contributed by atoms with van der Waals surface area (Å²) >= 11 is 0. The van der Waals surface area contributed by atoms with E-state index in [0.29, 0.717) is 25.2 Å². The summed E-state index contributed by atoms with van der Waals surface area (Å²) in [6.07, 6.45) is 3.23. The molecule has 0 bridgehead atoms. The van der Waals surface area contributed by atoms with Crippen LogP contribution in [0.4, 0.5) is 0 Å². The van der Waals surface area contributed by atoms with E-state index in [2.05, 4.69) is 17.2 Å². The number of ether oxygens (including phenoxy) is 1. The fourth-order valence-electron chi connectivity index (χ4n) is 2.67. The van der Waals surface area contributed by atoms with Gasteiger partial charge in [0.1, 0.15) is 5.78 Å². The van der Waals surface area contributed by atoms with Crippen LogP contribution in [0.5, 0.6) is 0 Å². The van der Waals surface area contributed by atoms with Gasteiger partial charge in [-0.3, -0.25) is 9.48 Å². The number of carbonyl (C=O) groups excluding carboxylic acids is 1. The number of fused-ring (bicyclic) bond motifs is 1. The lowest BCUT2D eigenvalue weighted by Gasteiger charge is -2.20. The molecule has 0 radical (unpaired) electrons. The van der Waals surface area contributed by atoms with Crippen LogP contribution >= 0.6 is 0 Å². The highest BCUT2D eigenvalue weighted by Crippen LogP contribution is 2.22. The molecule has 3 rings (SSSR count). The predicted molar refractivity (Wildman–Crippen MR) is 72.8 cm³/mol. The van der Waals surface area contributed by atoms with Gasteiger partial charge in [0.15, 0.2) is 0 Å². The third-order valence-electron chi connectivity index (χ3n) is 3.78. The summed E-state index contributed by atoms with van der Waals surface area (Å²) in [5, 5.41) is 5.66. The average molecular weight is 258 g/mol. The van der Waals surface area contributed by atoms with Gasteiger partial charge >= 0.3 is 0 Å². The Morgan fingerprint density at radius 2 is 2.05 bits per heavy atom. The average Bonchev–Trinajstić information content (AvgIpc) is 2.76. The second kappa shape index (κ2) is 5.13. The maximum absolute atomic E-state index is 11.2. The zero-order valence-electron chi connectivity index (χ0n) is 11.1.